The fourth-order valence-electron chi connectivity index (χ4n) is 1.24. The van der Waals surface area contributed by atoms with Crippen molar-refractivity contribution in [3.63, 3.8) is 0 Å². The van der Waals surface area contributed by atoms with Crippen LogP contribution in [0.4, 0.5) is 0 Å². The van der Waals surface area contributed by atoms with Gasteiger partial charge in [-0.25, -0.2) is 4.98 Å². The van der Waals surface area contributed by atoms with Crippen LogP contribution in [0.25, 0.3) is 5.82 Å². The van der Waals surface area contributed by atoms with Gasteiger partial charge in [0.1, 0.15) is 18.5 Å². The molecule has 0 aromatic carbocycles. The zero-order valence-corrected chi connectivity index (χ0v) is 7.92. The Kier molecular flexibility index (Phi) is 1.96. The molecule has 0 amide bonds. The van der Waals surface area contributed by atoms with Crippen LogP contribution in [-0.4, -0.2) is 19.3 Å². The molecule has 2 aromatic heterocycles. The molecule has 15 heavy (non-hydrogen) atoms. The van der Waals surface area contributed by atoms with Crippen LogP contribution in [0.1, 0.15) is 11.4 Å². The molecule has 2 heterocycles. The highest BCUT2D eigenvalue weighted by Crippen LogP contribution is 2.11. The van der Waals surface area contributed by atoms with Crippen molar-refractivity contribution in [2.75, 3.05) is 0 Å². The first-order chi connectivity index (χ1) is 7.26. The van der Waals surface area contributed by atoms with Gasteiger partial charge in [0.15, 0.2) is 17.2 Å². The van der Waals surface area contributed by atoms with Crippen LogP contribution in [-0.2, 0) is 7.05 Å². The second-order valence-corrected chi connectivity index (χ2v) is 2.88. The van der Waals surface area contributed by atoms with Crippen molar-refractivity contribution in [2.45, 2.75) is 0 Å². The molecule has 0 radical (unpaired) electrons. The van der Waals surface area contributed by atoms with E-state index >= 15 is 0 Å². The van der Waals surface area contributed by atoms with Crippen LogP contribution in [0.2, 0.25) is 0 Å². The average molecular weight is 198 g/mol. The van der Waals surface area contributed by atoms with Gasteiger partial charge in [0.25, 0.3) is 0 Å². The molecule has 0 N–H and O–H groups in total. The molecule has 0 bridgehead atoms. The van der Waals surface area contributed by atoms with E-state index in [-0.39, 0.29) is 11.4 Å². The lowest BCUT2D eigenvalue weighted by atomic mass is 10.3. The van der Waals surface area contributed by atoms with Gasteiger partial charge in [-0.2, -0.15) is 15.6 Å². The minimum absolute atomic E-state index is 0.114. The number of aryl methyl sites for hydroxylation is 1. The summed E-state index contributed by atoms with van der Waals surface area (Å²) in [4.78, 5) is 3.82. The minimum atomic E-state index is 0.114. The van der Waals surface area contributed by atoms with Gasteiger partial charge in [-0.05, 0) is 0 Å². The molecule has 72 valence electrons. The molecule has 0 atom stereocenters. The van der Waals surface area contributed by atoms with Gasteiger partial charge in [0.2, 0.25) is 0 Å². The van der Waals surface area contributed by atoms with E-state index in [2.05, 4.69) is 10.1 Å². The van der Waals surface area contributed by atoms with Crippen LogP contribution in [0, 0.1) is 22.7 Å². The molecular formula is C9H6N6. The van der Waals surface area contributed by atoms with E-state index in [0.717, 1.165) is 0 Å². The standard InChI is InChI=1S/C9H6N6/c1-14-3-2-9(13-14)15-6-12-7(4-10)8(15)5-11/h2-3,6H,1H3. The van der Waals surface area contributed by atoms with Crippen LogP contribution >= 0.6 is 0 Å². The van der Waals surface area contributed by atoms with E-state index in [1.807, 2.05) is 12.1 Å². The maximum absolute atomic E-state index is 8.89. The van der Waals surface area contributed by atoms with E-state index in [1.165, 1.54) is 10.9 Å². The third-order valence-electron chi connectivity index (χ3n) is 1.93. The molecule has 0 saturated heterocycles. The van der Waals surface area contributed by atoms with Crippen molar-refractivity contribution in [1.82, 2.24) is 19.3 Å². The lowest BCUT2D eigenvalue weighted by molar-refractivity contribution is 0.749. The van der Waals surface area contributed by atoms with E-state index < -0.39 is 0 Å². The summed E-state index contributed by atoms with van der Waals surface area (Å²) >= 11 is 0. The van der Waals surface area contributed by atoms with Gasteiger partial charge in [-0.15, -0.1) is 0 Å². The first kappa shape index (κ1) is 8.97. The highest BCUT2D eigenvalue weighted by molar-refractivity contribution is 5.41. The normalized spacial score (nSPS) is 9.53. The smallest absolute Gasteiger partial charge is 0.177 e. The zero-order valence-electron chi connectivity index (χ0n) is 7.92. The van der Waals surface area contributed by atoms with Crippen molar-refractivity contribution in [2.24, 2.45) is 7.05 Å². The van der Waals surface area contributed by atoms with E-state index in [0.29, 0.717) is 5.82 Å². The second-order valence-electron chi connectivity index (χ2n) is 2.88. The molecule has 0 fully saturated rings. The van der Waals surface area contributed by atoms with Crippen molar-refractivity contribution in [1.29, 1.82) is 10.5 Å². The first-order valence-corrected chi connectivity index (χ1v) is 4.14. The Labute approximate surface area is 85.6 Å². The van der Waals surface area contributed by atoms with Crippen molar-refractivity contribution >= 4 is 0 Å². The van der Waals surface area contributed by atoms with Gasteiger partial charge in [0.05, 0.1) is 0 Å². The fraction of sp³-hybridized carbons (Fsp3) is 0.111. The lowest BCUT2D eigenvalue weighted by Crippen LogP contribution is -1.98. The van der Waals surface area contributed by atoms with Crippen LogP contribution in [0.3, 0.4) is 0 Å². The summed E-state index contributed by atoms with van der Waals surface area (Å²) < 4.78 is 3.10. The molecule has 6 nitrogen and oxygen atoms in total. The minimum Gasteiger partial charge on any atom is -0.274 e. The highest BCUT2D eigenvalue weighted by atomic mass is 15.3. The zero-order chi connectivity index (χ0) is 10.8. The van der Waals surface area contributed by atoms with Gasteiger partial charge >= 0.3 is 0 Å². The summed E-state index contributed by atoms with van der Waals surface area (Å²) in [6.45, 7) is 0. The Bertz CT molecular complexity index is 576. The lowest BCUT2D eigenvalue weighted by Gasteiger charge is -1.96. The number of nitrogens with zero attached hydrogens (tertiary/aromatic N) is 6. The quantitative estimate of drug-likeness (QED) is 0.661. The van der Waals surface area contributed by atoms with Crippen LogP contribution in [0.15, 0.2) is 18.6 Å². The fourth-order valence-corrected chi connectivity index (χ4v) is 1.24. The molecule has 0 aliphatic rings. The summed E-state index contributed by atoms with van der Waals surface area (Å²) in [5.41, 5.74) is 0.319. The van der Waals surface area contributed by atoms with Gasteiger partial charge < -0.3 is 0 Å². The van der Waals surface area contributed by atoms with Crippen LogP contribution in [0.5, 0.6) is 0 Å². The number of hydrogen-bond donors (Lipinski definition) is 0. The number of rotatable bonds is 1. The molecule has 0 aliphatic carbocycles. The maximum atomic E-state index is 8.89. The average Bonchev–Trinajstić information content (AvgIpc) is 2.82. The van der Waals surface area contributed by atoms with E-state index in [1.54, 1.807) is 24.0 Å². The Morgan fingerprint density at radius 2 is 2.13 bits per heavy atom. The van der Waals surface area contributed by atoms with Gasteiger partial charge in [-0.1, -0.05) is 0 Å². The van der Waals surface area contributed by atoms with Crippen LogP contribution < -0.4 is 0 Å². The van der Waals surface area contributed by atoms with Crippen molar-refractivity contribution < 1.29 is 0 Å². The molecule has 2 aromatic rings. The Morgan fingerprint density at radius 3 is 2.67 bits per heavy atom. The van der Waals surface area contributed by atoms with E-state index in [4.69, 9.17) is 10.5 Å². The molecule has 6 heteroatoms. The Balaban J connectivity index is 2.61. The third kappa shape index (κ3) is 1.34. The predicted octanol–water partition coefficient (Wildman–Crippen LogP) is 0.349. The number of nitriles is 2. The number of aromatic nitrogens is 4. The summed E-state index contributed by atoms with van der Waals surface area (Å²) in [5, 5.41) is 21.7. The van der Waals surface area contributed by atoms with Gasteiger partial charge in [-0.3, -0.25) is 9.25 Å². The van der Waals surface area contributed by atoms with Crippen molar-refractivity contribution in [3.8, 4) is 18.0 Å². The largest absolute Gasteiger partial charge is 0.274 e. The second kappa shape index (κ2) is 3.28. The number of imidazole rings is 1. The number of hydrogen-bond acceptors (Lipinski definition) is 4. The molecule has 0 aliphatic heterocycles. The summed E-state index contributed by atoms with van der Waals surface area (Å²) in [7, 11) is 1.78. The summed E-state index contributed by atoms with van der Waals surface area (Å²) in [6, 6.07) is 5.53. The molecule has 0 spiro atoms. The molecule has 2 rings (SSSR count). The molecule has 0 unspecified atom stereocenters. The molecular weight excluding hydrogens is 192 g/mol. The SMILES string of the molecule is Cn1ccc(-n2cnc(C#N)c2C#N)n1. The predicted molar refractivity (Wildman–Crippen MR) is 49.8 cm³/mol. The maximum Gasteiger partial charge on any atom is 0.177 e. The monoisotopic (exact) mass is 198 g/mol. The van der Waals surface area contributed by atoms with Crippen molar-refractivity contribution in [3.05, 3.63) is 30.0 Å². The first-order valence-electron chi connectivity index (χ1n) is 4.14. The topological polar surface area (TPSA) is 83.2 Å². The summed E-state index contributed by atoms with van der Waals surface area (Å²) in [5.74, 6) is 0.572. The van der Waals surface area contributed by atoms with Gasteiger partial charge in [0, 0.05) is 19.3 Å². The Morgan fingerprint density at radius 1 is 1.33 bits per heavy atom. The Hall–Kier alpha value is -2.60. The highest BCUT2D eigenvalue weighted by Gasteiger charge is 2.12. The third-order valence-corrected chi connectivity index (χ3v) is 1.93. The molecule has 0 saturated carbocycles. The van der Waals surface area contributed by atoms with E-state index in [9.17, 15) is 0 Å². The summed E-state index contributed by atoms with van der Waals surface area (Å²) in [6.07, 6.45) is 3.17.